The number of benzene rings is 3. The highest BCUT2D eigenvalue weighted by atomic mass is 16.6. The minimum absolute atomic E-state index is 0.0570. The van der Waals surface area contributed by atoms with Crippen molar-refractivity contribution in [3.63, 3.8) is 0 Å². The van der Waals surface area contributed by atoms with Crippen LogP contribution in [0.15, 0.2) is 97.1 Å². The van der Waals surface area contributed by atoms with Gasteiger partial charge in [0.1, 0.15) is 17.3 Å². The highest BCUT2D eigenvalue weighted by Crippen LogP contribution is 2.14. The zero-order chi connectivity index (χ0) is 34.7. The van der Waals surface area contributed by atoms with Crippen molar-refractivity contribution in [1.29, 1.82) is 0 Å². The van der Waals surface area contributed by atoms with Gasteiger partial charge in [0.2, 0.25) is 11.8 Å². The van der Waals surface area contributed by atoms with E-state index in [0.717, 1.165) is 16.5 Å². The summed E-state index contributed by atoms with van der Waals surface area (Å²) in [5.74, 6) is -2.20. The summed E-state index contributed by atoms with van der Waals surface area (Å²) in [5.41, 5.74) is 9.73. The maximum absolute atomic E-state index is 13.7. The molecule has 0 aliphatic heterocycles. The minimum Gasteiger partial charge on any atom is -0.443 e. The molecule has 12 nitrogen and oxygen atoms in total. The Kier molecular flexibility index (Phi) is 12.2. The fourth-order valence-corrected chi connectivity index (χ4v) is 5.01. The fraction of sp³-hybridized carbons (Fsp3) is 0.306. The van der Waals surface area contributed by atoms with Gasteiger partial charge in [-0.15, -0.1) is 0 Å². The van der Waals surface area contributed by atoms with Crippen LogP contribution in [0.5, 0.6) is 0 Å². The maximum atomic E-state index is 13.7. The number of hydrogen-bond donors (Lipinski definition) is 5. The van der Waals surface area contributed by atoms with Gasteiger partial charge in [-0.05, 0) is 50.5 Å². The van der Waals surface area contributed by atoms with Crippen LogP contribution >= 0.6 is 0 Å². The lowest BCUT2D eigenvalue weighted by Gasteiger charge is -2.32. The number of carbonyl (C=O) groups excluding carboxylic acids is 4. The number of nitrogens with zero attached hydrogens (tertiary/aromatic N) is 2. The third-order valence-corrected chi connectivity index (χ3v) is 7.22. The number of primary amides is 1. The van der Waals surface area contributed by atoms with Crippen LogP contribution in [0.4, 0.5) is 4.79 Å². The number of nitrogens with one attached hydrogen (secondary N) is 3. The molecule has 0 saturated carbocycles. The van der Waals surface area contributed by atoms with Crippen LogP contribution in [0.25, 0.3) is 10.9 Å². The van der Waals surface area contributed by atoms with Crippen molar-refractivity contribution in [3.8, 4) is 0 Å². The summed E-state index contributed by atoms with van der Waals surface area (Å²) in [6.07, 6.45) is -2.23. The summed E-state index contributed by atoms with van der Waals surface area (Å²) >= 11 is 0. The molecule has 4 rings (SSSR count). The number of aliphatic hydroxyl groups is 1. The van der Waals surface area contributed by atoms with Crippen molar-refractivity contribution >= 4 is 34.7 Å². The average molecular weight is 655 g/mol. The predicted molar refractivity (Wildman–Crippen MR) is 181 cm³/mol. The molecule has 0 unspecified atom stereocenters. The number of ether oxygens (including phenoxy) is 1. The Morgan fingerprint density at radius 1 is 0.854 bits per heavy atom. The first-order valence-electron chi connectivity index (χ1n) is 15.6. The first-order chi connectivity index (χ1) is 22.9. The van der Waals surface area contributed by atoms with Gasteiger partial charge in [-0.25, -0.2) is 14.8 Å². The van der Waals surface area contributed by atoms with Crippen LogP contribution < -0.4 is 21.8 Å². The van der Waals surface area contributed by atoms with Crippen molar-refractivity contribution < 1.29 is 29.0 Å². The molecule has 0 spiro atoms. The smallest absolute Gasteiger partial charge is 0.422 e. The lowest BCUT2D eigenvalue weighted by atomic mass is 10.00. The largest absolute Gasteiger partial charge is 0.443 e. The molecule has 0 aliphatic rings. The van der Waals surface area contributed by atoms with E-state index in [-0.39, 0.29) is 25.2 Å². The molecule has 0 bridgehead atoms. The number of rotatable bonds is 14. The van der Waals surface area contributed by atoms with Gasteiger partial charge in [-0.1, -0.05) is 84.9 Å². The topological polar surface area (TPSA) is 176 Å². The molecule has 0 saturated heterocycles. The van der Waals surface area contributed by atoms with Crippen LogP contribution in [0.2, 0.25) is 0 Å². The molecule has 4 aromatic rings. The molecular weight excluding hydrogens is 612 g/mol. The monoisotopic (exact) mass is 654 g/mol. The first kappa shape index (κ1) is 35.5. The van der Waals surface area contributed by atoms with Crippen LogP contribution in [-0.4, -0.2) is 69.2 Å². The lowest BCUT2D eigenvalue weighted by Crippen LogP contribution is -2.57. The van der Waals surface area contributed by atoms with E-state index in [0.29, 0.717) is 5.52 Å². The average Bonchev–Trinajstić information content (AvgIpc) is 3.03. The van der Waals surface area contributed by atoms with Gasteiger partial charge in [-0.2, -0.15) is 0 Å². The van der Waals surface area contributed by atoms with Crippen molar-refractivity contribution in [2.75, 3.05) is 6.54 Å². The molecule has 1 aromatic heterocycles. The Labute approximate surface area is 279 Å². The molecule has 48 heavy (non-hydrogen) atoms. The second-order valence-electron chi connectivity index (χ2n) is 12.4. The van der Waals surface area contributed by atoms with E-state index in [1.165, 1.54) is 11.1 Å². The molecule has 0 aliphatic carbocycles. The molecule has 0 fully saturated rings. The van der Waals surface area contributed by atoms with Gasteiger partial charge in [0.05, 0.1) is 24.1 Å². The van der Waals surface area contributed by atoms with E-state index in [9.17, 15) is 24.3 Å². The van der Waals surface area contributed by atoms with E-state index in [2.05, 4.69) is 21.0 Å². The van der Waals surface area contributed by atoms with Crippen molar-refractivity contribution in [2.24, 2.45) is 5.73 Å². The lowest BCUT2D eigenvalue weighted by molar-refractivity contribution is -0.128. The van der Waals surface area contributed by atoms with Crippen molar-refractivity contribution in [1.82, 2.24) is 26.1 Å². The Balaban J connectivity index is 1.55. The van der Waals surface area contributed by atoms with Gasteiger partial charge in [0.25, 0.3) is 5.91 Å². The third kappa shape index (κ3) is 11.2. The fourth-order valence-electron chi connectivity index (χ4n) is 5.01. The quantitative estimate of drug-likeness (QED) is 0.129. The maximum Gasteiger partial charge on any atom is 0.422 e. The standard InChI is InChI=1S/C36H42N6O6/c1-36(2,3)48-35(47)41-42(22-25-14-8-5-9-15-25)23-31(43)29(20-24-12-6-4-7-13-24)39-34(46)30(21-32(37)44)40-33(45)28-19-18-26-16-10-11-17-27(26)38-28/h4-19,29-31,43H,20-23H2,1-3H3,(H2,37,44)(H,39,46)(H,40,45)(H,41,47)/t29-,30-,31-/m0/s1. The number of carbonyl (C=O) groups is 4. The van der Waals surface area contributed by atoms with Gasteiger partial charge in [-0.3, -0.25) is 19.8 Å². The number of para-hydroxylation sites is 1. The summed E-state index contributed by atoms with van der Waals surface area (Å²) in [6, 6.07) is 26.8. The van der Waals surface area contributed by atoms with E-state index in [1.807, 2.05) is 72.8 Å². The molecule has 3 aromatic carbocycles. The number of aromatic nitrogens is 1. The first-order valence-corrected chi connectivity index (χ1v) is 15.6. The summed E-state index contributed by atoms with van der Waals surface area (Å²) in [4.78, 5) is 56.0. The zero-order valence-corrected chi connectivity index (χ0v) is 27.3. The molecule has 3 atom stereocenters. The number of amides is 4. The van der Waals surface area contributed by atoms with Crippen LogP contribution in [0.3, 0.4) is 0 Å². The highest BCUT2D eigenvalue weighted by molar-refractivity contribution is 5.99. The molecule has 4 amide bonds. The van der Waals surface area contributed by atoms with Gasteiger partial charge in [0.15, 0.2) is 0 Å². The minimum atomic E-state index is -1.35. The number of nitrogens with two attached hydrogens (primary N) is 1. The number of pyridine rings is 1. The Morgan fingerprint density at radius 2 is 1.48 bits per heavy atom. The molecule has 0 radical (unpaired) electrons. The Bertz CT molecular complexity index is 1700. The summed E-state index contributed by atoms with van der Waals surface area (Å²) in [6.45, 7) is 5.34. The molecule has 6 N–H and O–H groups in total. The second-order valence-corrected chi connectivity index (χ2v) is 12.4. The van der Waals surface area contributed by atoms with Gasteiger partial charge < -0.3 is 26.2 Å². The third-order valence-electron chi connectivity index (χ3n) is 7.22. The molecule has 252 valence electrons. The van der Waals surface area contributed by atoms with E-state index < -0.39 is 54.0 Å². The molecule has 12 heteroatoms. The normalized spacial score (nSPS) is 13.3. The van der Waals surface area contributed by atoms with E-state index in [4.69, 9.17) is 10.5 Å². The number of fused-ring (bicyclic) bond motifs is 1. The van der Waals surface area contributed by atoms with Crippen molar-refractivity contribution in [3.05, 3.63) is 114 Å². The summed E-state index contributed by atoms with van der Waals surface area (Å²) in [5, 5.41) is 19.3. The number of aliphatic hydroxyl groups excluding tert-OH is 1. The highest BCUT2D eigenvalue weighted by Gasteiger charge is 2.30. The molecule has 1 heterocycles. The van der Waals surface area contributed by atoms with E-state index >= 15 is 0 Å². The summed E-state index contributed by atoms with van der Waals surface area (Å²) < 4.78 is 5.44. The number of hydrazine groups is 1. The Hall–Kier alpha value is -5.33. The number of hydrogen-bond acceptors (Lipinski definition) is 8. The van der Waals surface area contributed by atoms with Crippen LogP contribution in [-0.2, 0) is 27.3 Å². The molecular formula is C36H42N6O6. The second kappa shape index (κ2) is 16.5. The Morgan fingerprint density at radius 3 is 2.12 bits per heavy atom. The van der Waals surface area contributed by atoms with Crippen LogP contribution in [0, 0.1) is 0 Å². The zero-order valence-electron chi connectivity index (χ0n) is 27.3. The van der Waals surface area contributed by atoms with Gasteiger partial charge in [0, 0.05) is 18.5 Å². The summed E-state index contributed by atoms with van der Waals surface area (Å²) in [7, 11) is 0. The van der Waals surface area contributed by atoms with Crippen LogP contribution in [0.1, 0.15) is 48.8 Å². The van der Waals surface area contributed by atoms with Crippen molar-refractivity contribution in [2.45, 2.75) is 63.9 Å². The van der Waals surface area contributed by atoms with Gasteiger partial charge >= 0.3 is 6.09 Å². The van der Waals surface area contributed by atoms with E-state index in [1.54, 1.807) is 39.0 Å². The SMILES string of the molecule is CC(C)(C)OC(=O)NN(Cc1ccccc1)C[C@H](O)[C@H](Cc1ccccc1)NC(=O)[C@H](CC(N)=O)NC(=O)c1ccc2ccccc2n1. The predicted octanol–water partition coefficient (Wildman–Crippen LogP) is 3.24.